The van der Waals surface area contributed by atoms with Crippen LogP contribution in [0, 0.1) is 3.95 Å². The highest BCUT2D eigenvalue weighted by Crippen LogP contribution is 2.20. The minimum Gasteiger partial charge on any atom is -0.304 e. The van der Waals surface area contributed by atoms with Crippen LogP contribution in [0.15, 0.2) is 35.3 Å². The van der Waals surface area contributed by atoms with E-state index in [1.54, 1.807) is 12.2 Å². The standard InChI is InChI=1S/C11H11N3OS3/c1-3-5-14-8-7(18-11(14)16)9(15)13-10(12-8)17-6-4-2/h3-4H,1-2,5-6H2,(H,12,13,15). The summed E-state index contributed by atoms with van der Waals surface area (Å²) in [6.45, 7) is 7.88. The molecule has 0 radical (unpaired) electrons. The first-order valence-corrected chi connectivity index (χ1v) is 7.36. The number of rotatable bonds is 5. The van der Waals surface area contributed by atoms with Gasteiger partial charge in [-0.1, -0.05) is 35.3 Å². The van der Waals surface area contributed by atoms with E-state index in [2.05, 4.69) is 23.1 Å². The maximum atomic E-state index is 11.9. The van der Waals surface area contributed by atoms with Crippen molar-refractivity contribution in [3.63, 3.8) is 0 Å². The van der Waals surface area contributed by atoms with Gasteiger partial charge in [-0.2, -0.15) is 0 Å². The number of nitrogens with one attached hydrogen (secondary N) is 1. The van der Waals surface area contributed by atoms with E-state index in [9.17, 15) is 4.79 Å². The van der Waals surface area contributed by atoms with Crippen molar-refractivity contribution >= 4 is 45.7 Å². The van der Waals surface area contributed by atoms with Gasteiger partial charge >= 0.3 is 0 Å². The van der Waals surface area contributed by atoms with E-state index in [-0.39, 0.29) is 5.56 Å². The second kappa shape index (κ2) is 5.64. The minimum atomic E-state index is -0.148. The van der Waals surface area contributed by atoms with Crippen LogP contribution in [0.3, 0.4) is 0 Å². The molecule has 0 saturated carbocycles. The van der Waals surface area contributed by atoms with Gasteiger partial charge in [-0.05, 0) is 12.2 Å². The molecule has 94 valence electrons. The molecule has 0 aliphatic rings. The van der Waals surface area contributed by atoms with E-state index in [1.807, 2.05) is 4.57 Å². The fourth-order valence-electron chi connectivity index (χ4n) is 1.43. The fraction of sp³-hybridized carbons (Fsp3) is 0.182. The lowest BCUT2D eigenvalue weighted by Crippen LogP contribution is -2.09. The summed E-state index contributed by atoms with van der Waals surface area (Å²) in [6.07, 6.45) is 3.50. The van der Waals surface area contributed by atoms with Crippen molar-refractivity contribution < 1.29 is 0 Å². The van der Waals surface area contributed by atoms with Crippen molar-refractivity contribution in [2.75, 3.05) is 5.75 Å². The number of aromatic nitrogens is 3. The highest BCUT2D eigenvalue weighted by Gasteiger charge is 2.11. The Kier molecular flexibility index (Phi) is 4.15. The molecule has 0 unspecified atom stereocenters. The van der Waals surface area contributed by atoms with Crippen molar-refractivity contribution in [2.24, 2.45) is 0 Å². The van der Waals surface area contributed by atoms with Gasteiger partial charge in [0.15, 0.2) is 14.8 Å². The second-order valence-electron chi connectivity index (χ2n) is 3.39. The molecule has 2 aromatic rings. The summed E-state index contributed by atoms with van der Waals surface area (Å²) in [5.41, 5.74) is 0.477. The molecular weight excluding hydrogens is 286 g/mol. The smallest absolute Gasteiger partial charge is 0.271 e. The lowest BCUT2D eigenvalue weighted by Gasteiger charge is -2.01. The Hall–Kier alpha value is -1.18. The van der Waals surface area contributed by atoms with Crippen LogP contribution in [0.25, 0.3) is 10.3 Å². The molecule has 1 N–H and O–H groups in total. The zero-order chi connectivity index (χ0) is 13.1. The average Bonchev–Trinajstić information content (AvgIpc) is 2.66. The van der Waals surface area contributed by atoms with Gasteiger partial charge in [-0.15, -0.1) is 13.2 Å². The molecule has 2 rings (SSSR count). The Labute approximate surface area is 117 Å². The van der Waals surface area contributed by atoms with Gasteiger partial charge in [0.25, 0.3) is 5.56 Å². The minimum absolute atomic E-state index is 0.148. The molecule has 0 spiro atoms. The van der Waals surface area contributed by atoms with Crippen LogP contribution in [0.2, 0.25) is 0 Å². The summed E-state index contributed by atoms with van der Waals surface area (Å²) < 4.78 is 3.01. The van der Waals surface area contributed by atoms with Crippen molar-refractivity contribution in [2.45, 2.75) is 11.7 Å². The summed E-state index contributed by atoms with van der Waals surface area (Å²) in [6, 6.07) is 0. The van der Waals surface area contributed by atoms with E-state index in [4.69, 9.17) is 12.2 Å². The Bertz CT molecular complexity index is 710. The summed E-state index contributed by atoms with van der Waals surface area (Å²) in [7, 11) is 0. The number of hydrogen-bond donors (Lipinski definition) is 1. The summed E-state index contributed by atoms with van der Waals surface area (Å²) >= 11 is 7.93. The first-order chi connectivity index (χ1) is 8.67. The number of hydrogen-bond acceptors (Lipinski definition) is 5. The maximum absolute atomic E-state index is 11.9. The van der Waals surface area contributed by atoms with Gasteiger partial charge in [0.05, 0.1) is 0 Å². The van der Waals surface area contributed by atoms with E-state index in [1.165, 1.54) is 23.1 Å². The molecule has 0 aliphatic heterocycles. The molecule has 0 amide bonds. The SMILES string of the molecule is C=CCSc1nc2c(sc(=S)n2CC=C)c(=O)[nH]1. The van der Waals surface area contributed by atoms with Crippen molar-refractivity contribution in [3.05, 3.63) is 39.6 Å². The summed E-state index contributed by atoms with van der Waals surface area (Å²) in [4.78, 5) is 19.1. The fourth-order valence-corrected chi connectivity index (χ4v) is 3.27. The first kappa shape index (κ1) is 13.3. The van der Waals surface area contributed by atoms with Gasteiger partial charge in [-0.25, -0.2) is 4.98 Å². The lowest BCUT2D eigenvalue weighted by molar-refractivity contribution is 0.827. The molecule has 0 aliphatic carbocycles. The zero-order valence-corrected chi connectivity index (χ0v) is 12.0. The number of thiazole rings is 1. The molecule has 0 bridgehead atoms. The number of allylic oxidation sites excluding steroid dienone is 1. The zero-order valence-electron chi connectivity index (χ0n) is 9.51. The molecule has 0 fully saturated rings. The number of fused-ring (bicyclic) bond motifs is 1. The van der Waals surface area contributed by atoms with Gasteiger partial charge < -0.3 is 9.55 Å². The average molecular weight is 297 g/mol. The Morgan fingerprint density at radius 2 is 2.28 bits per heavy atom. The molecule has 0 atom stereocenters. The van der Waals surface area contributed by atoms with E-state index < -0.39 is 0 Å². The summed E-state index contributed by atoms with van der Waals surface area (Å²) in [5, 5.41) is 0.581. The first-order valence-electron chi connectivity index (χ1n) is 5.15. The predicted molar refractivity (Wildman–Crippen MR) is 80.2 cm³/mol. The van der Waals surface area contributed by atoms with Crippen LogP contribution < -0.4 is 5.56 Å². The Morgan fingerprint density at radius 1 is 1.50 bits per heavy atom. The Balaban J connectivity index is 2.64. The monoisotopic (exact) mass is 297 g/mol. The van der Waals surface area contributed by atoms with Gasteiger partial charge in [0.2, 0.25) is 0 Å². The third kappa shape index (κ3) is 2.47. The molecule has 2 heterocycles. The number of thioether (sulfide) groups is 1. The van der Waals surface area contributed by atoms with E-state index in [0.717, 1.165) is 0 Å². The maximum Gasteiger partial charge on any atom is 0.271 e. The van der Waals surface area contributed by atoms with Crippen LogP contribution in [0.5, 0.6) is 0 Å². The van der Waals surface area contributed by atoms with Crippen LogP contribution >= 0.6 is 35.3 Å². The van der Waals surface area contributed by atoms with Crippen molar-refractivity contribution in [1.82, 2.24) is 14.5 Å². The third-order valence-electron chi connectivity index (χ3n) is 2.15. The quantitative estimate of drug-likeness (QED) is 0.399. The molecule has 7 heteroatoms. The lowest BCUT2D eigenvalue weighted by atomic mass is 10.5. The highest BCUT2D eigenvalue weighted by molar-refractivity contribution is 7.99. The largest absolute Gasteiger partial charge is 0.304 e. The van der Waals surface area contributed by atoms with E-state index >= 15 is 0 Å². The Morgan fingerprint density at radius 3 is 2.94 bits per heavy atom. The molecular formula is C11H11N3OS3. The van der Waals surface area contributed by atoms with Gasteiger partial charge in [-0.3, -0.25) is 4.79 Å². The molecule has 0 saturated heterocycles. The second-order valence-corrected chi connectivity index (χ2v) is 6.04. The van der Waals surface area contributed by atoms with Crippen LogP contribution in [-0.4, -0.2) is 20.3 Å². The molecule has 18 heavy (non-hydrogen) atoms. The number of aromatic amines is 1. The molecule has 0 aromatic carbocycles. The highest BCUT2D eigenvalue weighted by atomic mass is 32.2. The van der Waals surface area contributed by atoms with Crippen molar-refractivity contribution in [3.8, 4) is 0 Å². The topological polar surface area (TPSA) is 50.7 Å². The number of H-pyrrole nitrogens is 1. The van der Waals surface area contributed by atoms with Gasteiger partial charge in [0.1, 0.15) is 4.70 Å². The van der Waals surface area contributed by atoms with E-state index in [0.29, 0.717) is 31.8 Å². The normalized spacial score (nSPS) is 10.7. The van der Waals surface area contributed by atoms with Crippen LogP contribution in [0.1, 0.15) is 0 Å². The third-order valence-corrected chi connectivity index (χ3v) is 4.46. The van der Waals surface area contributed by atoms with Crippen molar-refractivity contribution in [1.29, 1.82) is 0 Å². The van der Waals surface area contributed by atoms with Crippen LogP contribution in [0.4, 0.5) is 0 Å². The molecule has 2 aromatic heterocycles. The predicted octanol–water partition coefficient (Wildman–Crippen LogP) is 2.98. The summed E-state index contributed by atoms with van der Waals surface area (Å²) in [5.74, 6) is 0.695. The van der Waals surface area contributed by atoms with Crippen LogP contribution in [-0.2, 0) is 6.54 Å². The molecule has 4 nitrogen and oxygen atoms in total. The number of nitrogens with zero attached hydrogens (tertiary/aromatic N) is 2. The van der Waals surface area contributed by atoms with Gasteiger partial charge in [0, 0.05) is 12.3 Å².